The molecule has 0 aliphatic heterocycles. The fourth-order valence-corrected chi connectivity index (χ4v) is 1.43. The molecule has 0 radical (unpaired) electrons. The highest BCUT2D eigenvalue weighted by Gasteiger charge is 2.11. The van der Waals surface area contributed by atoms with Crippen LogP contribution in [0.2, 0.25) is 0 Å². The van der Waals surface area contributed by atoms with Gasteiger partial charge in [-0.25, -0.2) is 5.48 Å². The van der Waals surface area contributed by atoms with E-state index in [2.05, 4.69) is 21.4 Å². The monoisotopic (exact) mass is 297 g/mol. The Hall–Kier alpha value is -1.13. The van der Waals surface area contributed by atoms with Crippen LogP contribution in [0.4, 0.5) is 0 Å². The summed E-state index contributed by atoms with van der Waals surface area (Å²) < 4.78 is 0.945. The molecule has 17 heavy (non-hydrogen) atoms. The van der Waals surface area contributed by atoms with E-state index in [-0.39, 0.29) is 5.91 Å². The number of rotatable bonds is 3. The molecule has 0 bridgehead atoms. The van der Waals surface area contributed by atoms with Gasteiger partial charge in [0.15, 0.2) is 0 Å². The van der Waals surface area contributed by atoms with Gasteiger partial charge in [0.25, 0.3) is 5.91 Å². The zero-order chi connectivity index (χ0) is 12.9. The number of nitrogens with one attached hydrogen (secondary N) is 1. The number of carbonyl (C=O) groups is 1. The second kappa shape index (κ2) is 5.98. The number of hydroxylamine groups is 1. The van der Waals surface area contributed by atoms with Gasteiger partial charge in [0.1, 0.15) is 0 Å². The van der Waals surface area contributed by atoms with Crippen LogP contribution in [-0.2, 0) is 9.63 Å². The zero-order valence-electron chi connectivity index (χ0n) is 10.2. The third-order valence-corrected chi connectivity index (χ3v) is 2.50. The van der Waals surface area contributed by atoms with Crippen molar-refractivity contribution in [3.05, 3.63) is 40.4 Å². The van der Waals surface area contributed by atoms with Crippen molar-refractivity contribution in [2.75, 3.05) is 0 Å². The Bertz CT molecular complexity index is 422. The molecule has 1 aromatic rings. The Morgan fingerprint density at radius 1 is 1.35 bits per heavy atom. The second-order valence-corrected chi connectivity index (χ2v) is 5.39. The summed E-state index contributed by atoms with van der Waals surface area (Å²) in [5.41, 5.74) is 2.92. The van der Waals surface area contributed by atoms with Gasteiger partial charge in [-0.3, -0.25) is 9.63 Å². The number of halogens is 1. The molecule has 0 heterocycles. The molecule has 0 saturated carbocycles. The predicted octanol–water partition coefficient (Wildman–Crippen LogP) is 3.31. The normalized spacial score (nSPS) is 11.8. The van der Waals surface area contributed by atoms with Crippen LogP contribution >= 0.6 is 15.9 Å². The molecule has 1 aromatic carbocycles. The molecule has 0 aliphatic rings. The van der Waals surface area contributed by atoms with Gasteiger partial charge in [0, 0.05) is 10.5 Å². The number of benzene rings is 1. The molecule has 92 valence electrons. The summed E-state index contributed by atoms with van der Waals surface area (Å²) >= 11 is 3.40. The first-order chi connectivity index (χ1) is 7.88. The first-order valence-electron chi connectivity index (χ1n) is 5.29. The average Bonchev–Trinajstić information content (AvgIpc) is 2.24. The lowest BCUT2D eigenvalue weighted by Crippen LogP contribution is -2.32. The Kier molecular flexibility index (Phi) is 4.90. The van der Waals surface area contributed by atoms with E-state index in [1.807, 2.05) is 45.0 Å². The lowest BCUT2D eigenvalue weighted by atomic mass is 10.2. The third-order valence-electron chi connectivity index (χ3n) is 1.78. The molecular weight excluding hydrogens is 282 g/mol. The molecular formula is C13H16BrNO2. The van der Waals surface area contributed by atoms with E-state index < -0.39 is 5.60 Å². The van der Waals surface area contributed by atoms with Crippen molar-refractivity contribution in [1.82, 2.24) is 5.48 Å². The number of hydrogen-bond donors (Lipinski definition) is 1. The SMILES string of the molecule is CC(C)(C)ONC(=O)/C=C/c1ccccc1Br. The standard InChI is InChI=1S/C13H16BrNO2/c1-13(2,3)17-15-12(16)9-8-10-6-4-5-7-11(10)14/h4-9H,1-3H3,(H,15,16)/b9-8+. The van der Waals surface area contributed by atoms with E-state index in [0.717, 1.165) is 10.0 Å². The van der Waals surface area contributed by atoms with Crippen molar-refractivity contribution in [2.45, 2.75) is 26.4 Å². The van der Waals surface area contributed by atoms with E-state index in [4.69, 9.17) is 4.84 Å². The van der Waals surface area contributed by atoms with Crippen LogP contribution < -0.4 is 5.48 Å². The van der Waals surface area contributed by atoms with Gasteiger partial charge in [0.05, 0.1) is 5.60 Å². The minimum Gasteiger partial charge on any atom is -0.268 e. The highest BCUT2D eigenvalue weighted by Crippen LogP contribution is 2.16. The molecule has 1 rings (SSSR count). The lowest BCUT2D eigenvalue weighted by molar-refractivity contribution is -0.140. The predicted molar refractivity (Wildman–Crippen MR) is 72.2 cm³/mol. The minimum atomic E-state index is -0.392. The van der Waals surface area contributed by atoms with Gasteiger partial charge in [-0.05, 0) is 38.5 Å². The van der Waals surface area contributed by atoms with Crippen LogP contribution in [0.25, 0.3) is 6.08 Å². The van der Waals surface area contributed by atoms with Crippen molar-refractivity contribution in [1.29, 1.82) is 0 Å². The summed E-state index contributed by atoms with van der Waals surface area (Å²) in [6.07, 6.45) is 3.16. The van der Waals surface area contributed by atoms with Crippen molar-refractivity contribution < 1.29 is 9.63 Å². The quantitative estimate of drug-likeness (QED) is 0.687. The van der Waals surface area contributed by atoms with Crippen LogP contribution in [0.3, 0.4) is 0 Å². The summed E-state index contributed by atoms with van der Waals surface area (Å²) in [7, 11) is 0. The van der Waals surface area contributed by atoms with Gasteiger partial charge in [-0.2, -0.15) is 0 Å². The van der Waals surface area contributed by atoms with E-state index in [1.54, 1.807) is 6.08 Å². The molecule has 0 fully saturated rings. The second-order valence-electron chi connectivity index (χ2n) is 4.54. The molecule has 0 aromatic heterocycles. The Morgan fingerprint density at radius 2 is 2.00 bits per heavy atom. The van der Waals surface area contributed by atoms with Gasteiger partial charge in [0.2, 0.25) is 0 Å². The topological polar surface area (TPSA) is 38.3 Å². The smallest absolute Gasteiger partial charge is 0.267 e. The largest absolute Gasteiger partial charge is 0.268 e. The highest BCUT2D eigenvalue weighted by atomic mass is 79.9. The number of amides is 1. The minimum absolute atomic E-state index is 0.282. The van der Waals surface area contributed by atoms with Gasteiger partial charge < -0.3 is 0 Å². The summed E-state index contributed by atoms with van der Waals surface area (Å²) in [5.74, 6) is -0.282. The molecule has 0 aliphatic carbocycles. The maximum absolute atomic E-state index is 11.4. The molecule has 4 heteroatoms. The van der Waals surface area contributed by atoms with Crippen LogP contribution in [0, 0.1) is 0 Å². The summed E-state index contributed by atoms with van der Waals surface area (Å²) in [5, 5.41) is 0. The first-order valence-corrected chi connectivity index (χ1v) is 6.08. The molecule has 0 atom stereocenters. The highest BCUT2D eigenvalue weighted by molar-refractivity contribution is 9.10. The molecule has 3 nitrogen and oxygen atoms in total. The van der Waals surface area contributed by atoms with Crippen molar-refractivity contribution in [3.8, 4) is 0 Å². The van der Waals surface area contributed by atoms with E-state index >= 15 is 0 Å². The Labute approximate surface area is 110 Å². The van der Waals surface area contributed by atoms with E-state index in [0.29, 0.717) is 0 Å². The van der Waals surface area contributed by atoms with E-state index in [9.17, 15) is 4.79 Å². The molecule has 1 N–H and O–H groups in total. The summed E-state index contributed by atoms with van der Waals surface area (Å²) in [4.78, 5) is 16.6. The Balaban J connectivity index is 2.55. The van der Waals surface area contributed by atoms with Crippen LogP contribution in [0.15, 0.2) is 34.8 Å². The number of carbonyl (C=O) groups excluding carboxylic acids is 1. The van der Waals surface area contributed by atoms with Crippen LogP contribution in [0.5, 0.6) is 0 Å². The molecule has 0 saturated heterocycles. The molecule has 1 amide bonds. The van der Waals surface area contributed by atoms with Gasteiger partial charge in [-0.1, -0.05) is 34.1 Å². The fraction of sp³-hybridized carbons (Fsp3) is 0.308. The van der Waals surface area contributed by atoms with Gasteiger partial charge >= 0.3 is 0 Å². The number of hydrogen-bond acceptors (Lipinski definition) is 2. The molecule has 0 spiro atoms. The average molecular weight is 298 g/mol. The van der Waals surface area contributed by atoms with Gasteiger partial charge in [-0.15, -0.1) is 0 Å². The van der Waals surface area contributed by atoms with Crippen LogP contribution in [0.1, 0.15) is 26.3 Å². The summed E-state index contributed by atoms with van der Waals surface area (Å²) in [6.45, 7) is 5.60. The van der Waals surface area contributed by atoms with Crippen molar-refractivity contribution in [3.63, 3.8) is 0 Å². The van der Waals surface area contributed by atoms with Crippen LogP contribution in [-0.4, -0.2) is 11.5 Å². The maximum Gasteiger partial charge on any atom is 0.267 e. The fourth-order valence-electron chi connectivity index (χ4n) is 1.01. The molecule has 0 unspecified atom stereocenters. The van der Waals surface area contributed by atoms with Crippen molar-refractivity contribution >= 4 is 27.9 Å². The maximum atomic E-state index is 11.4. The Morgan fingerprint density at radius 3 is 2.59 bits per heavy atom. The van der Waals surface area contributed by atoms with Crippen molar-refractivity contribution in [2.24, 2.45) is 0 Å². The third kappa shape index (κ3) is 5.65. The lowest BCUT2D eigenvalue weighted by Gasteiger charge is -2.18. The first kappa shape index (κ1) is 13.9. The van der Waals surface area contributed by atoms with E-state index in [1.165, 1.54) is 6.08 Å². The summed E-state index contributed by atoms with van der Waals surface area (Å²) in [6, 6.07) is 7.67. The zero-order valence-corrected chi connectivity index (χ0v) is 11.7.